The molecule has 1 aliphatic rings. The molecular formula is C15H26O6. The molecule has 1 heterocycles. The Balaban J connectivity index is 2.61. The first-order valence-electron chi connectivity index (χ1n) is 7.60. The fourth-order valence-corrected chi connectivity index (χ4v) is 1.90. The summed E-state index contributed by atoms with van der Waals surface area (Å²) in [6.45, 7) is 7.93. The van der Waals surface area contributed by atoms with Gasteiger partial charge in [-0.1, -0.05) is 26.7 Å². The molecule has 0 unspecified atom stereocenters. The Kier molecular flexibility index (Phi) is 7.11. The van der Waals surface area contributed by atoms with Crippen LogP contribution >= 0.6 is 0 Å². The average Bonchev–Trinajstić information content (AvgIpc) is 2.75. The summed E-state index contributed by atoms with van der Waals surface area (Å²) >= 11 is 0. The Labute approximate surface area is 126 Å². The summed E-state index contributed by atoms with van der Waals surface area (Å²) in [6.07, 6.45) is 1.26. The molecule has 0 spiro atoms. The van der Waals surface area contributed by atoms with Gasteiger partial charge in [-0.3, -0.25) is 0 Å². The maximum Gasteiger partial charge on any atom is 0.338 e. The summed E-state index contributed by atoms with van der Waals surface area (Å²) in [4.78, 5) is 24.0. The van der Waals surface area contributed by atoms with Crippen LogP contribution in [-0.2, 0) is 28.5 Å². The molecule has 122 valence electrons. The predicted octanol–water partition coefficient (Wildman–Crippen LogP) is 2.19. The minimum Gasteiger partial charge on any atom is -0.464 e. The Bertz CT molecular complexity index is 320. The first-order chi connectivity index (χ1) is 9.91. The number of unbranched alkanes of at least 4 members (excludes halogenated alkanes) is 2. The fourth-order valence-electron chi connectivity index (χ4n) is 1.90. The van der Waals surface area contributed by atoms with Gasteiger partial charge in [-0.15, -0.1) is 0 Å². The second-order valence-electron chi connectivity index (χ2n) is 5.52. The van der Waals surface area contributed by atoms with Crippen LogP contribution in [0.2, 0.25) is 0 Å². The van der Waals surface area contributed by atoms with Gasteiger partial charge in [-0.2, -0.15) is 0 Å². The van der Waals surface area contributed by atoms with Gasteiger partial charge in [0, 0.05) is 0 Å². The van der Waals surface area contributed by atoms with Crippen molar-refractivity contribution in [1.29, 1.82) is 0 Å². The van der Waals surface area contributed by atoms with Gasteiger partial charge in [0.25, 0.3) is 0 Å². The van der Waals surface area contributed by atoms with Gasteiger partial charge < -0.3 is 18.9 Å². The lowest BCUT2D eigenvalue weighted by atomic mass is 10.2. The van der Waals surface area contributed by atoms with Crippen LogP contribution in [0.1, 0.15) is 53.4 Å². The maximum atomic E-state index is 12.0. The van der Waals surface area contributed by atoms with E-state index >= 15 is 0 Å². The number of carbonyl (C=O) groups is 2. The van der Waals surface area contributed by atoms with Crippen molar-refractivity contribution >= 4 is 11.9 Å². The molecule has 0 bridgehead atoms. The normalized spacial score (nSPS) is 23.8. The van der Waals surface area contributed by atoms with Crippen molar-refractivity contribution in [2.24, 2.45) is 0 Å². The molecule has 0 N–H and O–H groups in total. The molecule has 6 heteroatoms. The van der Waals surface area contributed by atoms with Crippen molar-refractivity contribution in [2.45, 2.75) is 71.4 Å². The van der Waals surface area contributed by atoms with Crippen LogP contribution in [0, 0.1) is 0 Å². The molecular weight excluding hydrogens is 276 g/mol. The highest BCUT2D eigenvalue weighted by Gasteiger charge is 2.50. The fraction of sp³-hybridized carbons (Fsp3) is 0.867. The van der Waals surface area contributed by atoms with Crippen molar-refractivity contribution in [3.05, 3.63) is 0 Å². The summed E-state index contributed by atoms with van der Waals surface area (Å²) in [6, 6.07) is 0. The number of hydrogen-bond acceptors (Lipinski definition) is 6. The van der Waals surface area contributed by atoms with Gasteiger partial charge in [0.2, 0.25) is 0 Å². The standard InChI is InChI=1S/C15H26O6/c1-5-7-9-18-13(16)11-12(21-15(3,4)20-11)14(17)19-10-8-6-2/h11-12H,5-10H2,1-4H3/t11-,12-/m0/s1. The zero-order valence-corrected chi connectivity index (χ0v) is 13.3. The van der Waals surface area contributed by atoms with Gasteiger partial charge in [0.15, 0.2) is 18.0 Å². The van der Waals surface area contributed by atoms with Gasteiger partial charge >= 0.3 is 11.9 Å². The monoisotopic (exact) mass is 302 g/mol. The van der Waals surface area contributed by atoms with E-state index in [9.17, 15) is 9.59 Å². The lowest BCUT2D eigenvalue weighted by Gasteiger charge is -2.16. The van der Waals surface area contributed by atoms with Crippen LogP contribution in [-0.4, -0.2) is 43.1 Å². The van der Waals surface area contributed by atoms with E-state index in [-0.39, 0.29) is 0 Å². The van der Waals surface area contributed by atoms with Gasteiger partial charge in [0.1, 0.15) is 0 Å². The molecule has 1 aliphatic heterocycles. The topological polar surface area (TPSA) is 71.1 Å². The van der Waals surface area contributed by atoms with Crippen LogP contribution in [0.15, 0.2) is 0 Å². The summed E-state index contributed by atoms with van der Waals surface area (Å²) < 4.78 is 21.2. The van der Waals surface area contributed by atoms with E-state index in [1.165, 1.54) is 0 Å². The van der Waals surface area contributed by atoms with Crippen molar-refractivity contribution in [2.75, 3.05) is 13.2 Å². The second kappa shape index (κ2) is 8.34. The molecule has 0 saturated carbocycles. The average molecular weight is 302 g/mol. The molecule has 0 amide bonds. The van der Waals surface area contributed by atoms with Crippen LogP contribution < -0.4 is 0 Å². The molecule has 0 aromatic rings. The third-order valence-electron chi connectivity index (χ3n) is 3.05. The Hall–Kier alpha value is -1.14. The van der Waals surface area contributed by atoms with Gasteiger partial charge in [0.05, 0.1) is 13.2 Å². The molecule has 2 atom stereocenters. The van der Waals surface area contributed by atoms with Crippen molar-refractivity contribution in [3.8, 4) is 0 Å². The molecule has 0 aromatic heterocycles. The Morgan fingerprint density at radius 1 is 0.905 bits per heavy atom. The lowest BCUT2D eigenvalue weighted by molar-refractivity contribution is -0.173. The summed E-state index contributed by atoms with van der Waals surface area (Å²) in [5.74, 6) is -2.17. The minimum atomic E-state index is -1.06. The first-order valence-corrected chi connectivity index (χ1v) is 7.60. The number of hydrogen-bond donors (Lipinski definition) is 0. The molecule has 1 fully saturated rings. The van der Waals surface area contributed by atoms with Crippen LogP contribution in [0.5, 0.6) is 0 Å². The largest absolute Gasteiger partial charge is 0.464 e. The van der Waals surface area contributed by atoms with Crippen molar-refractivity contribution < 1.29 is 28.5 Å². The van der Waals surface area contributed by atoms with Crippen molar-refractivity contribution in [3.63, 3.8) is 0 Å². The molecule has 0 aliphatic carbocycles. The van der Waals surface area contributed by atoms with Crippen LogP contribution in [0.25, 0.3) is 0 Å². The van der Waals surface area contributed by atoms with Crippen LogP contribution in [0.4, 0.5) is 0 Å². The number of rotatable bonds is 8. The molecule has 6 nitrogen and oxygen atoms in total. The third-order valence-corrected chi connectivity index (χ3v) is 3.05. The third kappa shape index (κ3) is 5.63. The van der Waals surface area contributed by atoms with Crippen molar-refractivity contribution in [1.82, 2.24) is 0 Å². The highest BCUT2D eigenvalue weighted by Crippen LogP contribution is 2.29. The van der Waals surface area contributed by atoms with E-state index in [1.807, 2.05) is 13.8 Å². The van der Waals surface area contributed by atoms with E-state index in [0.29, 0.717) is 13.2 Å². The quantitative estimate of drug-likeness (QED) is 0.505. The van der Waals surface area contributed by atoms with E-state index < -0.39 is 29.9 Å². The van der Waals surface area contributed by atoms with Gasteiger partial charge in [-0.05, 0) is 26.7 Å². The zero-order valence-electron chi connectivity index (χ0n) is 13.3. The smallest absolute Gasteiger partial charge is 0.338 e. The van der Waals surface area contributed by atoms with Gasteiger partial charge in [-0.25, -0.2) is 9.59 Å². The highest BCUT2D eigenvalue weighted by molar-refractivity contribution is 5.86. The highest BCUT2D eigenvalue weighted by atomic mass is 16.8. The summed E-state index contributed by atoms with van der Waals surface area (Å²) in [5, 5.41) is 0. The van der Waals surface area contributed by atoms with E-state index in [0.717, 1.165) is 25.7 Å². The minimum absolute atomic E-state index is 0.313. The Morgan fingerprint density at radius 2 is 1.29 bits per heavy atom. The summed E-state index contributed by atoms with van der Waals surface area (Å²) in [5.41, 5.74) is 0. The molecule has 21 heavy (non-hydrogen) atoms. The molecule has 0 aromatic carbocycles. The molecule has 1 saturated heterocycles. The number of esters is 2. The molecule has 1 rings (SSSR count). The van der Waals surface area contributed by atoms with E-state index in [1.54, 1.807) is 13.8 Å². The number of carbonyl (C=O) groups excluding carboxylic acids is 2. The second-order valence-corrected chi connectivity index (χ2v) is 5.52. The number of ether oxygens (including phenoxy) is 4. The molecule has 0 radical (unpaired) electrons. The Morgan fingerprint density at radius 3 is 1.62 bits per heavy atom. The van der Waals surface area contributed by atoms with Crippen LogP contribution in [0.3, 0.4) is 0 Å². The van der Waals surface area contributed by atoms with E-state index in [4.69, 9.17) is 18.9 Å². The first kappa shape index (κ1) is 17.9. The maximum absolute atomic E-state index is 12.0. The SMILES string of the molecule is CCCCOC(=O)[C@H]1OC(C)(C)O[C@@H]1C(=O)OCCCC. The lowest BCUT2D eigenvalue weighted by Crippen LogP contribution is -2.39. The predicted molar refractivity (Wildman–Crippen MR) is 75.6 cm³/mol. The van der Waals surface area contributed by atoms with E-state index in [2.05, 4.69) is 0 Å². The summed E-state index contributed by atoms with van der Waals surface area (Å²) in [7, 11) is 0. The zero-order chi connectivity index (χ0) is 15.9.